The number of aromatic carboxylic acids is 1. The van der Waals surface area contributed by atoms with E-state index in [9.17, 15) is 9.18 Å². The lowest BCUT2D eigenvalue weighted by Crippen LogP contribution is -2.18. The number of carboxylic acid groups (broad SMARTS) is 1. The number of carbonyl (C=O) groups is 1. The van der Waals surface area contributed by atoms with Crippen LogP contribution in [0.5, 0.6) is 0 Å². The molecule has 0 radical (unpaired) electrons. The lowest BCUT2D eigenvalue weighted by atomic mass is 10.1. The van der Waals surface area contributed by atoms with Gasteiger partial charge in [-0.05, 0) is 37.1 Å². The van der Waals surface area contributed by atoms with Crippen LogP contribution in [0, 0.1) is 11.7 Å². The molecule has 0 bridgehead atoms. The standard InChI is InChI=1S/C15H22FNO3/c1-11(2)10-20-7-3-6-17-9-13-8-12(15(18)19)4-5-14(13)16/h4-5,8,11,17H,3,6-7,9-10H2,1-2H3,(H,18,19). The van der Waals surface area contributed by atoms with Crippen LogP contribution in [0.1, 0.15) is 36.2 Å². The number of rotatable bonds is 9. The Bertz CT molecular complexity index is 435. The monoisotopic (exact) mass is 283 g/mol. The first-order chi connectivity index (χ1) is 9.50. The van der Waals surface area contributed by atoms with Crippen LogP contribution in [0.4, 0.5) is 4.39 Å². The number of carboxylic acids is 1. The molecule has 0 saturated heterocycles. The molecule has 0 unspecified atom stereocenters. The minimum atomic E-state index is -1.05. The molecular formula is C15H22FNO3. The zero-order valence-corrected chi connectivity index (χ0v) is 12.0. The average molecular weight is 283 g/mol. The molecule has 0 aliphatic heterocycles. The molecule has 5 heteroatoms. The second-order valence-electron chi connectivity index (χ2n) is 5.11. The Morgan fingerprint density at radius 2 is 2.20 bits per heavy atom. The Hall–Kier alpha value is -1.46. The first kappa shape index (κ1) is 16.6. The molecule has 0 spiro atoms. The second-order valence-corrected chi connectivity index (χ2v) is 5.11. The van der Waals surface area contributed by atoms with Crippen molar-refractivity contribution in [3.8, 4) is 0 Å². The van der Waals surface area contributed by atoms with Crippen LogP contribution in [0.3, 0.4) is 0 Å². The van der Waals surface area contributed by atoms with Crippen molar-refractivity contribution in [2.45, 2.75) is 26.8 Å². The van der Waals surface area contributed by atoms with Gasteiger partial charge in [0.15, 0.2) is 0 Å². The summed E-state index contributed by atoms with van der Waals surface area (Å²) in [6.07, 6.45) is 0.840. The largest absolute Gasteiger partial charge is 0.478 e. The molecule has 1 aromatic rings. The minimum absolute atomic E-state index is 0.100. The van der Waals surface area contributed by atoms with E-state index in [1.54, 1.807) is 0 Å². The van der Waals surface area contributed by atoms with E-state index in [1.807, 2.05) is 0 Å². The van der Waals surface area contributed by atoms with Crippen molar-refractivity contribution in [3.63, 3.8) is 0 Å². The summed E-state index contributed by atoms with van der Waals surface area (Å²) in [6.45, 7) is 6.62. The topological polar surface area (TPSA) is 58.6 Å². The fourth-order valence-electron chi connectivity index (χ4n) is 1.68. The number of hydrogen-bond donors (Lipinski definition) is 2. The molecule has 0 aliphatic rings. The van der Waals surface area contributed by atoms with E-state index in [4.69, 9.17) is 9.84 Å². The number of nitrogens with one attached hydrogen (secondary N) is 1. The van der Waals surface area contributed by atoms with Gasteiger partial charge in [0.05, 0.1) is 5.56 Å². The van der Waals surface area contributed by atoms with Crippen LogP contribution in [0.2, 0.25) is 0 Å². The normalized spacial score (nSPS) is 11.0. The highest BCUT2D eigenvalue weighted by molar-refractivity contribution is 5.87. The van der Waals surface area contributed by atoms with Crippen molar-refractivity contribution in [3.05, 3.63) is 35.1 Å². The Morgan fingerprint density at radius 3 is 2.85 bits per heavy atom. The highest BCUT2D eigenvalue weighted by atomic mass is 19.1. The number of benzene rings is 1. The number of ether oxygens (including phenoxy) is 1. The van der Waals surface area contributed by atoms with Gasteiger partial charge in [0, 0.05) is 25.3 Å². The Morgan fingerprint density at radius 1 is 1.45 bits per heavy atom. The van der Waals surface area contributed by atoms with Gasteiger partial charge in [0.2, 0.25) is 0 Å². The summed E-state index contributed by atoms with van der Waals surface area (Å²) in [7, 11) is 0. The maximum atomic E-state index is 13.5. The molecule has 0 amide bonds. The van der Waals surface area contributed by atoms with E-state index in [-0.39, 0.29) is 5.56 Å². The average Bonchev–Trinajstić information content (AvgIpc) is 2.38. The predicted molar refractivity (Wildman–Crippen MR) is 75.3 cm³/mol. The third-order valence-electron chi connectivity index (χ3n) is 2.70. The zero-order chi connectivity index (χ0) is 15.0. The highest BCUT2D eigenvalue weighted by Crippen LogP contribution is 2.10. The maximum absolute atomic E-state index is 13.5. The molecule has 0 fully saturated rings. The molecule has 0 atom stereocenters. The summed E-state index contributed by atoms with van der Waals surface area (Å²) in [6, 6.07) is 3.81. The van der Waals surface area contributed by atoms with Crippen LogP contribution in [-0.4, -0.2) is 30.8 Å². The SMILES string of the molecule is CC(C)COCCCNCc1cc(C(=O)O)ccc1F. The molecule has 1 rings (SSSR count). The lowest BCUT2D eigenvalue weighted by Gasteiger charge is -2.08. The summed E-state index contributed by atoms with van der Waals surface area (Å²) < 4.78 is 18.9. The van der Waals surface area contributed by atoms with Gasteiger partial charge in [0.25, 0.3) is 0 Å². The Balaban J connectivity index is 2.28. The molecular weight excluding hydrogens is 261 g/mol. The summed E-state index contributed by atoms with van der Waals surface area (Å²) >= 11 is 0. The molecule has 2 N–H and O–H groups in total. The van der Waals surface area contributed by atoms with Crippen molar-refractivity contribution in [2.75, 3.05) is 19.8 Å². The van der Waals surface area contributed by atoms with Gasteiger partial charge in [-0.15, -0.1) is 0 Å². The van der Waals surface area contributed by atoms with Crippen LogP contribution < -0.4 is 5.32 Å². The summed E-state index contributed by atoms with van der Waals surface area (Å²) in [5, 5.41) is 11.9. The van der Waals surface area contributed by atoms with Crippen LogP contribution in [0.15, 0.2) is 18.2 Å². The smallest absolute Gasteiger partial charge is 0.335 e. The van der Waals surface area contributed by atoms with Gasteiger partial charge in [-0.2, -0.15) is 0 Å². The second kappa shape index (κ2) is 8.66. The van der Waals surface area contributed by atoms with Crippen molar-refractivity contribution < 1.29 is 19.0 Å². The van der Waals surface area contributed by atoms with Gasteiger partial charge in [-0.1, -0.05) is 13.8 Å². The van der Waals surface area contributed by atoms with E-state index in [1.165, 1.54) is 18.2 Å². The first-order valence-electron chi connectivity index (χ1n) is 6.81. The molecule has 1 aromatic carbocycles. The molecule has 20 heavy (non-hydrogen) atoms. The fourth-order valence-corrected chi connectivity index (χ4v) is 1.68. The molecule has 4 nitrogen and oxygen atoms in total. The maximum Gasteiger partial charge on any atom is 0.335 e. The van der Waals surface area contributed by atoms with Gasteiger partial charge in [-0.3, -0.25) is 0 Å². The van der Waals surface area contributed by atoms with E-state index in [0.717, 1.165) is 13.0 Å². The molecule has 0 aromatic heterocycles. The van der Waals surface area contributed by atoms with Crippen LogP contribution in [0.25, 0.3) is 0 Å². The van der Waals surface area contributed by atoms with Crippen molar-refractivity contribution in [1.82, 2.24) is 5.32 Å². The third kappa shape index (κ3) is 6.12. The highest BCUT2D eigenvalue weighted by Gasteiger charge is 2.07. The number of halogens is 1. The van der Waals surface area contributed by atoms with E-state index >= 15 is 0 Å². The summed E-state index contributed by atoms with van der Waals surface area (Å²) in [4.78, 5) is 10.8. The molecule has 0 saturated carbocycles. The van der Waals surface area contributed by atoms with E-state index in [0.29, 0.717) is 31.2 Å². The Labute approximate surface area is 119 Å². The molecule has 112 valence electrons. The predicted octanol–water partition coefficient (Wildman–Crippen LogP) is 2.68. The van der Waals surface area contributed by atoms with E-state index in [2.05, 4.69) is 19.2 Å². The summed E-state index contributed by atoms with van der Waals surface area (Å²) in [5.41, 5.74) is 0.469. The first-order valence-corrected chi connectivity index (χ1v) is 6.81. The molecule has 0 aliphatic carbocycles. The summed E-state index contributed by atoms with van der Waals surface area (Å²) in [5.74, 6) is -0.914. The quantitative estimate of drug-likeness (QED) is 0.684. The van der Waals surface area contributed by atoms with E-state index < -0.39 is 11.8 Å². The van der Waals surface area contributed by atoms with Crippen LogP contribution >= 0.6 is 0 Å². The van der Waals surface area contributed by atoms with Gasteiger partial charge >= 0.3 is 5.97 Å². The zero-order valence-electron chi connectivity index (χ0n) is 12.0. The van der Waals surface area contributed by atoms with Gasteiger partial charge in [-0.25, -0.2) is 9.18 Å². The van der Waals surface area contributed by atoms with Crippen molar-refractivity contribution >= 4 is 5.97 Å². The third-order valence-corrected chi connectivity index (χ3v) is 2.70. The minimum Gasteiger partial charge on any atom is -0.478 e. The fraction of sp³-hybridized carbons (Fsp3) is 0.533. The van der Waals surface area contributed by atoms with Gasteiger partial charge < -0.3 is 15.2 Å². The van der Waals surface area contributed by atoms with Gasteiger partial charge in [0.1, 0.15) is 5.82 Å². The Kier molecular flexibility index (Phi) is 7.18. The lowest BCUT2D eigenvalue weighted by molar-refractivity contribution is 0.0696. The number of hydrogen-bond acceptors (Lipinski definition) is 3. The molecule has 0 heterocycles. The van der Waals surface area contributed by atoms with Crippen molar-refractivity contribution in [2.24, 2.45) is 5.92 Å². The van der Waals surface area contributed by atoms with Crippen LogP contribution in [-0.2, 0) is 11.3 Å². The van der Waals surface area contributed by atoms with Crippen molar-refractivity contribution in [1.29, 1.82) is 0 Å².